The molecule has 0 heterocycles. The van der Waals surface area contributed by atoms with Gasteiger partial charge in [0.05, 0.1) is 13.7 Å². The van der Waals surface area contributed by atoms with Crippen molar-refractivity contribution in [1.29, 1.82) is 0 Å². The van der Waals surface area contributed by atoms with E-state index in [0.717, 1.165) is 5.56 Å². The average molecular weight is 323 g/mol. The van der Waals surface area contributed by atoms with Gasteiger partial charge in [-0.1, -0.05) is 12.1 Å². The van der Waals surface area contributed by atoms with E-state index in [4.69, 9.17) is 14.2 Å². The van der Waals surface area contributed by atoms with Gasteiger partial charge in [-0.25, -0.2) is 9.59 Å². The Kier molecular flexibility index (Phi) is 6.88. The summed E-state index contributed by atoms with van der Waals surface area (Å²) < 4.78 is 15.4. The van der Waals surface area contributed by atoms with Crippen LogP contribution in [0.4, 0.5) is 4.79 Å². The van der Waals surface area contributed by atoms with Gasteiger partial charge in [0.25, 0.3) is 0 Å². The van der Waals surface area contributed by atoms with E-state index in [2.05, 4.69) is 5.32 Å². The molecule has 6 nitrogen and oxygen atoms in total. The summed E-state index contributed by atoms with van der Waals surface area (Å²) in [6.07, 6.45) is -0.367. The molecule has 0 spiro atoms. The van der Waals surface area contributed by atoms with Gasteiger partial charge >= 0.3 is 12.1 Å². The Bertz CT molecular complexity index is 536. The highest BCUT2D eigenvalue weighted by molar-refractivity contribution is 5.81. The number of benzene rings is 1. The quantitative estimate of drug-likeness (QED) is 0.815. The number of rotatable bonds is 6. The minimum atomic E-state index is -0.822. The third-order valence-corrected chi connectivity index (χ3v) is 2.84. The zero-order valence-electron chi connectivity index (χ0n) is 14.3. The summed E-state index contributed by atoms with van der Waals surface area (Å²) in [6.45, 7) is 7.23. The second kappa shape index (κ2) is 8.41. The molecule has 0 unspecified atom stereocenters. The fourth-order valence-electron chi connectivity index (χ4n) is 1.92. The molecule has 1 rings (SSSR count). The van der Waals surface area contributed by atoms with Gasteiger partial charge in [-0.2, -0.15) is 0 Å². The largest absolute Gasteiger partial charge is 0.497 e. The number of alkyl carbamates (subject to hydrolysis) is 1. The summed E-state index contributed by atoms with van der Waals surface area (Å²) in [4.78, 5) is 24.0. The number of carbonyl (C=O) groups excluding carboxylic acids is 2. The van der Waals surface area contributed by atoms with Crippen molar-refractivity contribution in [1.82, 2.24) is 5.32 Å². The van der Waals surface area contributed by atoms with E-state index in [1.165, 1.54) is 0 Å². The normalized spacial score (nSPS) is 12.2. The molecule has 0 fully saturated rings. The summed E-state index contributed by atoms with van der Waals surface area (Å²) in [7, 11) is 1.57. The molecule has 23 heavy (non-hydrogen) atoms. The number of hydrogen-bond acceptors (Lipinski definition) is 5. The maximum atomic E-state index is 12.1. The van der Waals surface area contributed by atoms with E-state index >= 15 is 0 Å². The van der Waals surface area contributed by atoms with Crippen LogP contribution in [0.3, 0.4) is 0 Å². The molecule has 0 aliphatic carbocycles. The highest BCUT2D eigenvalue weighted by atomic mass is 16.6. The Morgan fingerprint density at radius 1 is 1.26 bits per heavy atom. The number of hydrogen-bond donors (Lipinski definition) is 1. The van der Waals surface area contributed by atoms with Crippen molar-refractivity contribution in [3.8, 4) is 5.75 Å². The van der Waals surface area contributed by atoms with Crippen molar-refractivity contribution in [2.24, 2.45) is 0 Å². The Balaban J connectivity index is 2.83. The van der Waals surface area contributed by atoms with Crippen LogP contribution >= 0.6 is 0 Å². The van der Waals surface area contributed by atoms with Crippen LogP contribution in [0.2, 0.25) is 0 Å². The Labute approximate surface area is 137 Å². The average Bonchev–Trinajstić information content (AvgIpc) is 2.45. The van der Waals surface area contributed by atoms with Crippen molar-refractivity contribution < 1.29 is 23.8 Å². The van der Waals surface area contributed by atoms with Gasteiger partial charge in [0.2, 0.25) is 0 Å². The minimum absolute atomic E-state index is 0.240. The van der Waals surface area contributed by atoms with Crippen LogP contribution in [-0.4, -0.2) is 37.4 Å². The van der Waals surface area contributed by atoms with Crippen molar-refractivity contribution >= 4 is 12.1 Å². The fourth-order valence-corrected chi connectivity index (χ4v) is 1.92. The maximum Gasteiger partial charge on any atom is 0.408 e. The van der Waals surface area contributed by atoms with E-state index in [0.29, 0.717) is 5.75 Å². The molecule has 0 saturated carbocycles. The van der Waals surface area contributed by atoms with Crippen molar-refractivity contribution in [2.75, 3.05) is 13.7 Å². The van der Waals surface area contributed by atoms with Crippen LogP contribution in [0.5, 0.6) is 5.75 Å². The van der Waals surface area contributed by atoms with Crippen LogP contribution in [0.15, 0.2) is 24.3 Å². The number of amides is 1. The summed E-state index contributed by atoms with van der Waals surface area (Å²) in [5, 5.41) is 2.57. The summed E-state index contributed by atoms with van der Waals surface area (Å²) in [5.41, 5.74) is 0.206. The lowest BCUT2D eigenvalue weighted by Crippen LogP contribution is -2.45. The molecule has 1 amide bonds. The smallest absolute Gasteiger partial charge is 0.408 e. The zero-order chi connectivity index (χ0) is 17.5. The SMILES string of the molecule is CCOC(=O)[C@@H](Cc1cccc(OC)c1)NC(=O)OC(C)(C)C. The van der Waals surface area contributed by atoms with E-state index in [-0.39, 0.29) is 13.0 Å². The third-order valence-electron chi connectivity index (χ3n) is 2.84. The topological polar surface area (TPSA) is 73.9 Å². The predicted octanol–water partition coefficient (Wildman–Crippen LogP) is 2.69. The van der Waals surface area contributed by atoms with Crippen molar-refractivity contribution in [2.45, 2.75) is 45.8 Å². The van der Waals surface area contributed by atoms with Crippen LogP contribution in [0.1, 0.15) is 33.3 Å². The molecule has 0 aliphatic heterocycles. The van der Waals surface area contributed by atoms with Gasteiger partial charge in [0, 0.05) is 6.42 Å². The van der Waals surface area contributed by atoms with Gasteiger partial charge in [-0.15, -0.1) is 0 Å². The summed E-state index contributed by atoms with van der Waals surface area (Å²) in [5.74, 6) is 0.184. The molecule has 6 heteroatoms. The number of nitrogens with one attached hydrogen (secondary N) is 1. The molecule has 0 saturated heterocycles. The molecule has 1 aromatic rings. The van der Waals surface area contributed by atoms with Gasteiger partial charge in [0.15, 0.2) is 0 Å². The summed E-state index contributed by atoms with van der Waals surface area (Å²) in [6, 6.07) is 6.47. The molecule has 128 valence electrons. The Morgan fingerprint density at radius 2 is 1.96 bits per heavy atom. The molecular weight excluding hydrogens is 298 g/mol. The van der Waals surface area contributed by atoms with E-state index in [1.54, 1.807) is 34.8 Å². The molecule has 0 aromatic heterocycles. The van der Waals surface area contributed by atoms with E-state index in [9.17, 15) is 9.59 Å². The fraction of sp³-hybridized carbons (Fsp3) is 0.529. The number of ether oxygens (including phenoxy) is 3. The van der Waals surface area contributed by atoms with Crippen LogP contribution in [0.25, 0.3) is 0 Å². The second-order valence-corrected chi connectivity index (χ2v) is 6.01. The second-order valence-electron chi connectivity index (χ2n) is 6.01. The number of esters is 1. The lowest BCUT2D eigenvalue weighted by atomic mass is 10.1. The molecule has 0 radical (unpaired) electrons. The number of methoxy groups -OCH3 is 1. The van der Waals surface area contributed by atoms with Crippen molar-refractivity contribution in [3.05, 3.63) is 29.8 Å². The zero-order valence-corrected chi connectivity index (χ0v) is 14.3. The summed E-state index contributed by atoms with van der Waals surface area (Å²) >= 11 is 0. The van der Waals surface area contributed by atoms with E-state index < -0.39 is 23.7 Å². The van der Waals surface area contributed by atoms with E-state index in [1.807, 2.05) is 24.3 Å². The molecule has 0 aliphatic rings. The monoisotopic (exact) mass is 323 g/mol. The van der Waals surface area contributed by atoms with Crippen molar-refractivity contribution in [3.63, 3.8) is 0 Å². The first-order valence-electron chi connectivity index (χ1n) is 7.54. The first-order valence-corrected chi connectivity index (χ1v) is 7.54. The Hall–Kier alpha value is -2.24. The number of carbonyl (C=O) groups is 2. The van der Waals surface area contributed by atoms with Gasteiger partial charge in [-0.3, -0.25) is 0 Å². The molecular formula is C17H25NO5. The first-order chi connectivity index (χ1) is 10.7. The van der Waals surface area contributed by atoms with Crippen LogP contribution < -0.4 is 10.1 Å². The highest BCUT2D eigenvalue weighted by Gasteiger charge is 2.25. The molecule has 0 bridgehead atoms. The van der Waals surface area contributed by atoms with Crippen LogP contribution in [0, 0.1) is 0 Å². The standard InChI is InChI=1S/C17H25NO5/c1-6-22-15(19)14(18-16(20)23-17(2,3)4)11-12-8-7-9-13(10-12)21-5/h7-10,14H,6,11H2,1-5H3,(H,18,20)/t14-/m1/s1. The van der Waals surface area contributed by atoms with Gasteiger partial charge in [0.1, 0.15) is 17.4 Å². The molecule has 1 atom stereocenters. The highest BCUT2D eigenvalue weighted by Crippen LogP contribution is 2.15. The maximum absolute atomic E-state index is 12.1. The molecule has 1 aromatic carbocycles. The predicted molar refractivity (Wildman–Crippen MR) is 86.5 cm³/mol. The lowest BCUT2D eigenvalue weighted by molar-refractivity contribution is -0.145. The Morgan fingerprint density at radius 3 is 2.52 bits per heavy atom. The minimum Gasteiger partial charge on any atom is -0.497 e. The molecule has 1 N–H and O–H groups in total. The van der Waals surface area contributed by atoms with Crippen LogP contribution in [-0.2, 0) is 20.7 Å². The van der Waals surface area contributed by atoms with Gasteiger partial charge < -0.3 is 19.5 Å². The first kappa shape index (κ1) is 18.8. The van der Waals surface area contributed by atoms with Gasteiger partial charge in [-0.05, 0) is 45.4 Å². The third kappa shape index (κ3) is 7.04. The lowest BCUT2D eigenvalue weighted by Gasteiger charge is -2.23.